The quantitative estimate of drug-likeness (QED) is 0.511. The number of rotatable bonds is 6. The van der Waals surface area contributed by atoms with Gasteiger partial charge in [0, 0.05) is 25.3 Å². The van der Waals surface area contributed by atoms with Crippen molar-refractivity contribution in [1.29, 1.82) is 0 Å². The number of hydrogen-bond donors (Lipinski definition) is 1. The summed E-state index contributed by atoms with van der Waals surface area (Å²) in [4.78, 5) is 27.3. The molecule has 35 heavy (non-hydrogen) atoms. The van der Waals surface area contributed by atoms with Crippen LogP contribution in [0.15, 0.2) is 60.7 Å². The Bertz CT molecular complexity index is 1290. The number of carbonyl (C=O) groups excluding carboxylic acids is 2. The third kappa shape index (κ3) is 4.25. The van der Waals surface area contributed by atoms with E-state index < -0.39 is 5.41 Å². The van der Waals surface area contributed by atoms with E-state index in [-0.39, 0.29) is 18.6 Å². The number of ether oxygens (including phenoxy) is 2. The van der Waals surface area contributed by atoms with Crippen molar-refractivity contribution in [2.24, 2.45) is 0 Å². The van der Waals surface area contributed by atoms with Crippen molar-refractivity contribution < 1.29 is 19.1 Å². The fourth-order valence-corrected chi connectivity index (χ4v) is 4.65. The number of nitrogens with zero attached hydrogens (tertiary/aromatic N) is 1. The molecule has 180 valence electrons. The third-order valence-electron chi connectivity index (χ3n) is 6.89. The zero-order chi connectivity index (χ0) is 24.7. The lowest BCUT2D eigenvalue weighted by molar-refractivity contribution is -0.118. The van der Waals surface area contributed by atoms with Gasteiger partial charge in [-0.25, -0.2) is 0 Å². The minimum atomic E-state index is -0.536. The molecule has 6 heteroatoms. The van der Waals surface area contributed by atoms with E-state index in [1.165, 1.54) is 5.56 Å². The van der Waals surface area contributed by atoms with Crippen LogP contribution in [0.5, 0.6) is 11.5 Å². The summed E-state index contributed by atoms with van der Waals surface area (Å²) in [6.45, 7) is 4.52. The summed E-state index contributed by atoms with van der Waals surface area (Å²) in [5.41, 5.74) is 5.08. The Balaban J connectivity index is 1.42. The van der Waals surface area contributed by atoms with E-state index in [1.807, 2.05) is 54.6 Å². The molecule has 1 N–H and O–H groups in total. The Morgan fingerprint density at radius 3 is 2.29 bits per heavy atom. The Morgan fingerprint density at radius 1 is 0.914 bits per heavy atom. The molecule has 0 atom stereocenters. The molecule has 0 aromatic heterocycles. The summed E-state index contributed by atoms with van der Waals surface area (Å²) in [5.74, 6) is 1.69. The highest BCUT2D eigenvalue weighted by atomic mass is 16.7. The van der Waals surface area contributed by atoms with Crippen LogP contribution in [0.1, 0.15) is 54.1 Å². The number of hydrogen-bond acceptors (Lipinski definition) is 4. The maximum atomic E-state index is 13.4. The molecule has 1 fully saturated rings. The third-order valence-corrected chi connectivity index (χ3v) is 6.89. The first kappa shape index (κ1) is 23.0. The summed E-state index contributed by atoms with van der Waals surface area (Å²) in [7, 11) is 3.49. The van der Waals surface area contributed by atoms with Crippen LogP contribution in [0.2, 0.25) is 0 Å². The van der Waals surface area contributed by atoms with Crippen molar-refractivity contribution in [2.75, 3.05) is 26.2 Å². The number of carbonyl (C=O) groups is 2. The number of fused-ring (bicyclic) bond motifs is 1. The Kier molecular flexibility index (Phi) is 5.75. The predicted molar refractivity (Wildman–Crippen MR) is 136 cm³/mol. The summed E-state index contributed by atoms with van der Waals surface area (Å²) in [6, 6.07) is 19.5. The minimum absolute atomic E-state index is 0.00783. The monoisotopic (exact) mass is 470 g/mol. The normalized spacial score (nSPS) is 15.1. The highest BCUT2D eigenvalue weighted by Crippen LogP contribution is 2.51. The van der Waals surface area contributed by atoms with Crippen molar-refractivity contribution in [3.05, 3.63) is 77.4 Å². The molecule has 0 saturated heterocycles. The number of nitrogens with one attached hydrogen (secondary N) is 1. The van der Waals surface area contributed by atoms with Gasteiger partial charge >= 0.3 is 0 Å². The maximum absolute atomic E-state index is 13.4. The van der Waals surface area contributed by atoms with Gasteiger partial charge < -0.3 is 19.7 Å². The lowest BCUT2D eigenvalue weighted by atomic mass is 9.91. The molecule has 0 spiro atoms. The second-order valence-electron chi connectivity index (χ2n) is 9.84. The second-order valence-corrected chi connectivity index (χ2v) is 9.84. The summed E-state index contributed by atoms with van der Waals surface area (Å²) >= 11 is 0. The lowest BCUT2D eigenvalue weighted by Crippen LogP contribution is -2.27. The Hall–Kier alpha value is -3.80. The summed E-state index contributed by atoms with van der Waals surface area (Å²) in [6.07, 6.45) is 1.60. The van der Waals surface area contributed by atoms with Gasteiger partial charge in [0.25, 0.3) is 5.91 Å². The average Bonchev–Trinajstić information content (AvgIpc) is 3.54. The fraction of sp³-hybridized carbons (Fsp3) is 0.310. The van der Waals surface area contributed by atoms with Gasteiger partial charge in [0.15, 0.2) is 11.5 Å². The van der Waals surface area contributed by atoms with E-state index in [9.17, 15) is 9.59 Å². The lowest BCUT2D eigenvalue weighted by Gasteiger charge is -2.19. The predicted octanol–water partition coefficient (Wildman–Crippen LogP) is 5.58. The van der Waals surface area contributed by atoms with Gasteiger partial charge in [-0.1, -0.05) is 38.1 Å². The van der Waals surface area contributed by atoms with Crippen LogP contribution in [0.4, 0.5) is 5.69 Å². The van der Waals surface area contributed by atoms with E-state index in [2.05, 4.69) is 25.2 Å². The molecule has 3 aromatic carbocycles. The number of benzene rings is 3. The van der Waals surface area contributed by atoms with Gasteiger partial charge in [-0.3, -0.25) is 9.59 Å². The molecular formula is C29H30N2O4. The van der Waals surface area contributed by atoms with Crippen molar-refractivity contribution in [2.45, 2.75) is 38.0 Å². The molecule has 0 radical (unpaired) electrons. The van der Waals surface area contributed by atoms with E-state index in [1.54, 1.807) is 19.0 Å². The SMILES string of the molecule is CC(C)c1ccc(NC(=O)C2(c3ccc4c(c3)OCO4)CC2)cc1-c1ccc(C(=O)N(C)C)cc1. The molecule has 2 amide bonds. The first-order valence-electron chi connectivity index (χ1n) is 12.0. The van der Waals surface area contributed by atoms with Crippen LogP contribution in [-0.4, -0.2) is 37.6 Å². The highest BCUT2D eigenvalue weighted by molar-refractivity contribution is 6.02. The molecule has 0 bridgehead atoms. The zero-order valence-corrected chi connectivity index (χ0v) is 20.6. The molecule has 6 nitrogen and oxygen atoms in total. The largest absolute Gasteiger partial charge is 0.454 e. The van der Waals surface area contributed by atoms with Gasteiger partial charge in [0.2, 0.25) is 12.7 Å². The molecule has 1 aliphatic heterocycles. The fourth-order valence-electron chi connectivity index (χ4n) is 4.65. The van der Waals surface area contributed by atoms with Gasteiger partial charge in [0.05, 0.1) is 5.41 Å². The topological polar surface area (TPSA) is 67.9 Å². The van der Waals surface area contributed by atoms with E-state index >= 15 is 0 Å². The number of amides is 2. The van der Waals surface area contributed by atoms with Crippen molar-refractivity contribution in [3.63, 3.8) is 0 Å². The molecule has 0 unspecified atom stereocenters. The first-order valence-corrected chi connectivity index (χ1v) is 12.0. The minimum Gasteiger partial charge on any atom is -0.454 e. The average molecular weight is 471 g/mol. The van der Waals surface area contributed by atoms with E-state index in [0.29, 0.717) is 17.2 Å². The van der Waals surface area contributed by atoms with Crippen LogP contribution >= 0.6 is 0 Å². The van der Waals surface area contributed by atoms with Crippen molar-refractivity contribution in [3.8, 4) is 22.6 Å². The van der Waals surface area contributed by atoms with Gasteiger partial charge in [-0.05, 0) is 77.4 Å². The summed E-state index contributed by atoms with van der Waals surface area (Å²) in [5, 5.41) is 3.16. The molecular weight excluding hydrogens is 440 g/mol. The highest BCUT2D eigenvalue weighted by Gasteiger charge is 2.51. The van der Waals surface area contributed by atoms with Crippen LogP contribution in [0, 0.1) is 0 Å². The van der Waals surface area contributed by atoms with Crippen LogP contribution in [-0.2, 0) is 10.2 Å². The standard InChI is InChI=1S/C29H30N2O4/c1-18(2)23-11-10-22(16-24(23)19-5-7-20(8-6-19)27(32)31(3)4)30-28(33)29(13-14-29)21-9-12-25-26(15-21)35-17-34-25/h5-12,15-16,18H,13-14,17H2,1-4H3,(H,30,33). The second kappa shape index (κ2) is 8.77. The molecule has 1 heterocycles. The van der Waals surface area contributed by atoms with E-state index in [4.69, 9.17) is 9.47 Å². The molecule has 2 aliphatic rings. The maximum Gasteiger partial charge on any atom is 0.253 e. The van der Waals surface area contributed by atoms with Crippen LogP contribution in [0.25, 0.3) is 11.1 Å². The molecule has 1 saturated carbocycles. The first-order chi connectivity index (χ1) is 16.8. The summed E-state index contributed by atoms with van der Waals surface area (Å²) < 4.78 is 10.9. The number of anilines is 1. The Labute approximate surface area is 205 Å². The molecule has 1 aliphatic carbocycles. The van der Waals surface area contributed by atoms with Crippen molar-refractivity contribution >= 4 is 17.5 Å². The van der Waals surface area contributed by atoms with Crippen molar-refractivity contribution in [1.82, 2.24) is 4.90 Å². The van der Waals surface area contributed by atoms with Gasteiger partial charge in [0.1, 0.15) is 0 Å². The Morgan fingerprint density at radius 2 is 1.63 bits per heavy atom. The van der Waals surface area contributed by atoms with Crippen LogP contribution < -0.4 is 14.8 Å². The van der Waals surface area contributed by atoms with Gasteiger partial charge in [-0.2, -0.15) is 0 Å². The van der Waals surface area contributed by atoms with Crippen LogP contribution in [0.3, 0.4) is 0 Å². The zero-order valence-electron chi connectivity index (χ0n) is 20.6. The van der Waals surface area contributed by atoms with Gasteiger partial charge in [-0.15, -0.1) is 0 Å². The molecule has 5 rings (SSSR count). The van der Waals surface area contributed by atoms with E-state index in [0.717, 1.165) is 41.0 Å². The molecule has 3 aromatic rings. The smallest absolute Gasteiger partial charge is 0.253 e.